The lowest BCUT2D eigenvalue weighted by Crippen LogP contribution is -2.40. The summed E-state index contributed by atoms with van der Waals surface area (Å²) >= 11 is 5.83. The molecule has 2 aromatic rings. The van der Waals surface area contributed by atoms with E-state index in [-0.39, 0.29) is 10.8 Å². The van der Waals surface area contributed by atoms with E-state index < -0.39 is 10.0 Å². The fraction of sp³-hybridized carbons (Fsp3) is 0.278. The number of nitrogens with one attached hydrogen (secondary N) is 1. The molecule has 1 aliphatic rings. The maximum absolute atomic E-state index is 12.6. The fourth-order valence-corrected chi connectivity index (χ4v) is 4.13. The smallest absolute Gasteiger partial charge is 0.251 e. The quantitative estimate of drug-likeness (QED) is 0.844. The van der Waals surface area contributed by atoms with Crippen molar-refractivity contribution in [3.8, 4) is 0 Å². The van der Waals surface area contributed by atoms with E-state index in [2.05, 4.69) is 5.32 Å². The van der Waals surface area contributed by atoms with Crippen LogP contribution in [0.15, 0.2) is 53.4 Å². The Morgan fingerprint density at radius 3 is 2.27 bits per heavy atom. The molecule has 2 aromatic carbocycles. The molecule has 0 aromatic heterocycles. The van der Waals surface area contributed by atoms with Gasteiger partial charge >= 0.3 is 0 Å². The van der Waals surface area contributed by atoms with Crippen LogP contribution in [-0.2, 0) is 21.3 Å². The Hall–Kier alpha value is -1.93. The summed E-state index contributed by atoms with van der Waals surface area (Å²) in [4.78, 5) is 12.4. The van der Waals surface area contributed by atoms with Gasteiger partial charge < -0.3 is 10.1 Å². The van der Waals surface area contributed by atoms with Crippen LogP contribution < -0.4 is 5.32 Å². The van der Waals surface area contributed by atoms with Crippen molar-refractivity contribution < 1.29 is 17.9 Å². The summed E-state index contributed by atoms with van der Waals surface area (Å²) < 4.78 is 31.7. The number of morpholine rings is 1. The summed E-state index contributed by atoms with van der Waals surface area (Å²) in [5.41, 5.74) is 1.33. The molecular weight excluding hydrogens is 376 g/mol. The third-order valence-corrected chi connectivity index (χ3v) is 6.26. The summed E-state index contributed by atoms with van der Waals surface area (Å²) in [6.07, 6.45) is 0. The van der Waals surface area contributed by atoms with Gasteiger partial charge in [-0.2, -0.15) is 4.31 Å². The van der Waals surface area contributed by atoms with Crippen molar-refractivity contribution in [1.82, 2.24) is 9.62 Å². The van der Waals surface area contributed by atoms with Crippen molar-refractivity contribution in [2.45, 2.75) is 11.4 Å². The van der Waals surface area contributed by atoms with Crippen molar-refractivity contribution >= 4 is 27.5 Å². The Kier molecular flexibility index (Phi) is 5.93. The number of rotatable bonds is 5. The van der Waals surface area contributed by atoms with Gasteiger partial charge in [-0.25, -0.2) is 8.42 Å². The van der Waals surface area contributed by atoms with Gasteiger partial charge in [0, 0.05) is 30.2 Å². The van der Waals surface area contributed by atoms with Gasteiger partial charge in [0.25, 0.3) is 5.91 Å². The molecule has 3 rings (SSSR count). The minimum atomic E-state index is -3.55. The van der Waals surface area contributed by atoms with E-state index in [1.54, 1.807) is 12.1 Å². The normalized spacial score (nSPS) is 15.6. The zero-order chi connectivity index (χ0) is 18.6. The summed E-state index contributed by atoms with van der Waals surface area (Å²) in [7, 11) is -3.55. The Labute approximate surface area is 157 Å². The van der Waals surface area contributed by atoms with Crippen LogP contribution in [0.1, 0.15) is 15.9 Å². The monoisotopic (exact) mass is 394 g/mol. The van der Waals surface area contributed by atoms with Gasteiger partial charge in [-0.1, -0.05) is 23.7 Å². The van der Waals surface area contributed by atoms with Gasteiger partial charge in [-0.15, -0.1) is 0 Å². The maximum Gasteiger partial charge on any atom is 0.251 e. The molecule has 1 heterocycles. The molecule has 0 atom stereocenters. The Morgan fingerprint density at radius 1 is 1.04 bits per heavy atom. The summed E-state index contributed by atoms with van der Waals surface area (Å²) in [6, 6.07) is 13.1. The predicted octanol–water partition coefficient (Wildman–Crippen LogP) is 2.29. The van der Waals surface area contributed by atoms with Crippen molar-refractivity contribution in [3.63, 3.8) is 0 Å². The first-order valence-corrected chi connectivity index (χ1v) is 9.99. The Bertz CT molecular complexity index is 861. The van der Waals surface area contributed by atoms with Crippen molar-refractivity contribution in [3.05, 3.63) is 64.7 Å². The highest BCUT2D eigenvalue weighted by Crippen LogP contribution is 2.18. The first-order valence-electron chi connectivity index (χ1n) is 8.17. The topological polar surface area (TPSA) is 75.7 Å². The van der Waals surface area contributed by atoms with Crippen LogP contribution in [0.5, 0.6) is 0 Å². The van der Waals surface area contributed by atoms with E-state index in [9.17, 15) is 13.2 Å². The molecule has 0 radical (unpaired) electrons. The third-order valence-electron chi connectivity index (χ3n) is 4.09. The predicted molar refractivity (Wildman–Crippen MR) is 98.6 cm³/mol. The first-order chi connectivity index (χ1) is 12.5. The molecule has 1 aliphatic heterocycles. The highest BCUT2D eigenvalue weighted by Gasteiger charge is 2.26. The van der Waals surface area contributed by atoms with E-state index in [0.717, 1.165) is 5.56 Å². The number of carbonyl (C=O) groups is 1. The second-order valence-corrected chi connectivity index (χ2v) is 8.22. The number of sulfonamides is 1. The van der Waals surface area contributed by atoms with Gasteiger partial charge in [-0.05, 0) is 42.0 Å². The SMILES string of the molecule is O=C(NCc1ccc(Cl)cc1)c1ccc(S(=O)(=O)N2CCOCC2)cc1. The summed E-state index contributed by atoms with van der Waals surface area (Å²) in [5.74, 6) is -0.268. The lowest BCUT2D eigenvalue weighted by atomic mass is 10.2. The largest absolute Gasteiger partial charge is 0.379 e. The van der Waals surface area contributed by atoms with Crippen LogP contribution >= 0.6 is 11.6 Å². The van der Waals surface area contributed by atoms with Crippen LogP contribution in [-0.4, -0.2) is 44.9 Å². The van der Waals surface area contributed by atoms with Gasteiger partial charge in [0.15, 0.2) is 0 Å². The molecule has 26 heavy (non-hydrogen) atoms. The molecule has 0 aliphatic carbocycles. The number of ether oxygens (including phenoxy) is 1. The fourth-order valence-electron chi connectivity index (χ4n) is 2.60. The summed E-state index contributed by atoms with van der Waals surface area (Å²) in [5, 5.41) is 3.43. The average molecular weight is 395 g/mol. The lowest BCUT2D eigenvalue weighted by molar-refractivity contribution is 0.0730. The van der Waals surface area contributed by atoms with E-state index >= 15 is 0 Å². The third kappa shape index (κ3) is 4.42. The first kappa shape index (κ1) is 18.8. The van der Waals surface area contributed by atoms with E-state index in [0.29, 0.717) is 43.4 Å². The Balaban J connectivity index is 1.64. The minimum absolute atomic E-state index is 0.175. The minimum Gasteiger partial charge on any atom is -0.379 e. The van der Waals surface area contributed by atoms with Gasteiger partial charge in [0.1, 0.15) is 0 Å². The van der Waals surface area contributed by atoms with E-state index in [1.807, 2.05) is 12.1 Å². The van der Waals surface area contributed by atoms with Crippen molar-refractivity contribution in [2.75, 3.05) is 26.3 Å². The van der Waals surface area contributed by atoms with E-state index in [4.69, 9.17) is 16.3 Å². The van der Waals surface area contributed by atoms with Crippen LogP contribution in [0.4, 0.5) is 0 Å². The maximum atomic E-state index is 12.6. The molecule has 0 unspecified atom stereocenters. The molecule has 8 heteroatoms. The average Bonchev–Trinajstić information content (AvgIpc) is 2.68. The van der Waals surface area contributed by atoms with Crippen LogP contribution in [0.25, 0.3) is 0 Å². The van der Waals surface area contributed by atoms with Crippen LogP contribution in [0.3, 0.4) is 0 Å². The number of halogens is 1. The number of carbonyl (C=O) groups excluding carboxylic acids is 1. The number of benzene rings is 2. The number of nitrogens with zero attached hydrogens (tertiary/aromatic N) is 1. The van der Waals surface area contributed by atoms with Gasteiger partial charge in [0.05, 0.1) is 18.1 Å². The van der Waals surface area contributed by atoms with Crippen LogP contribution in [0.2, 0.25) is 5.02 Å². The van der Waals surface area contributed by atoms with Crippen molar-refractivity contribution in [2.24, 2.45) is 0 Å². The molecule has 0 saturated carbocycles. The molecule has 0 spiro atoms. The molecule has 138 valence electrons. The molecule has 1 saturated heterocycles. The molecule has 0 bridgehead atoms. The number of amides is 1. The highest BCUT2D eigenvalue weighted by molar-refractivity contribution is 7.89. The zero-order valence-electron chi connectivity index (χ0n) is 14.0. The summed E-state index contributed by atoms with van der Waals surface area (Å²) in [6.45, 7) is 1.83. The molecule has 6 nitrogen and oxygen atoms in total. The molecule has 1 amide bonds. The highest BCUT2D eigenvalue weighted by atomic mass is 35.5. The lowest BCUT2D eigenvalue weighted by Gasteiger charge is -2.26. The zero-order valence-corrected chi connectivity index (χ0v) is 15.6. The second-order valence-electron chi connectivity index (χ2n) is 5.85. The molecule has 1 N–H and O–H groups in total. The number of hydrogen-bond acceptors (Lipinski definition) is 4. The van der Waals surface area contributed by atoms with Gasteiger partial charge in [0.2, 0.25) is 10.0 Å². The van der Waals surface area contributed by atoms with Crippen LogP contribution in [0, 0.1) is 0 Å². The molecule has 1 fully saturated rings. The van der Waals surface area contributed by atoms with E-state index in [1.165, 1.54) is 28.6 Å². The van der Waals surface area contributed by atoms with Crippen molar-refractivity contribution in [1.29, 1.82) is 0 Å². The second kappa shape index (κ2) is 8.18. The standard InChI is InChI=1S/C18H19ClN2O4S/c19-16-5-1-14(2-6-16)13-20-18(22)15-3-7-17(8-4-15)26(23,24)21-9-11-25-12-10-21/h1-8H,9-13H2,(H,20,22). The van der Waals surface area contributed by atoms with Gasteiger partial charge in [-0.3, -0.25) is 4.79 Å². The molecular formula is C18H19ClN2O4S. The number of hydrogen-bond donors (Lipinski definition) is 1. The Morgan fingerprint density at radius 2 is 1.65 bits per heavy atom.